The zero-order chi connectivity index (χ0) is 13.2. The second-order valence-electron chi connectivity index (χ2n) is 4.78. The molecule has 1 aromatic rings. The first-order valence-corrected chi connectivity index (χ1v) is 8.25. The number of hydrogen-bond acceptors (Lipinski definition) is 2. The van der Waals surface area contributed by atoms with Crippen LogP contribution in [0.1, 0.15) is 30.9 Å². The minimum absolute atomic E-state index is 0.138. The average molecular weight is 288 g/mol. The van der Waals surface area contributed by atoms with Gasteiger partial charge in [-0.15, -0.1) is 11.6 Å². The first-order chi connectivity index (χ1) is 8.53. The van der Waals surface area contributed by atoms with E-state index in [0.717, 1.165) is 19.3 Å². The van der Waals surface area contributed by atoms with Crippen LogP contribution in [0, 0.1) is 0 Å². The molecule has 1 aliphatic rings. The van der Waals surface area contributed by atoms with E-state index in [2.05, 4.69) is 4.72 Å². The maximum absolute atomic E-state index is 12.2. The fourth-order valence-corrected chi connectivity index (χ4v) is 3.93. The smallest absolute Gasteiger partial charge is 0.208 e. The minimum Gasteiger partial charge on any atom is -0.208 e. The Hall–Kier alpha value is -0.580. The number of nitrogens with one attached hydrogen (secondary N) is 1. The van der Waals surface area contributed by atoms with Gasteiger partial charge in [-0.25, -0.2) is 13.1 Å². The van der Waals surface area contributed by atoms with Gasteiger partial charge in [-0.05, 0) is 55.9 Å². The molecule has 18 heavy (non-hydrogen) atoms. The molecule has 1 aromatic carbocycles. The summed E-state index contributed by atoms with van der Waals surface area (Å²) in [4.78, 5) is 0.365. The first-order valence-electron chi connectivity index (χ1n) is 6.23. The van der Waals surface area contributed by atoms with Gasteiger partial charge in [0.1, 0.15) is 0 Å². The monoisotopic (exact) mass is 287 g/mol. The van der Waals surface area contributed by atoms with Crippen LogP contribution in [-0.4, -0.2) is 20.3 Å². The first kappa shape index (κ1) is 13.8. The van der Waals surface area contributed by atoms with Crippen LogP contribution in [0.3, 0.4) is 0 Å². The van der Waals surface area contributed by atoms with Gasteiger partial charge in [0.25, 0.3) is 0 Å². The standard InChI is InChI=1S/C13H18ClNO2S/c1-10(7-8-14)15-18(16,17)13-6-5-11-3-2-4-12(11)9-13/h5-6,9-10,15H,2-4,7-8H2,1H3. The lowest BCUT2D eigenvalue weighted by atomic mass is 10.1. The van der Waals surface area contributed by atoms with E-state index in [1.807, 2.05) is 13.0 Å². The van der Waals surface area contributed by atoms with Gasteiger partial charge in [0.15, 0.2) is 0 Å². The summed E-state index contributed by atoms with van der Waals surface area (Å²) in [6, 6.07) is 5.29. The molecule has 1 aliphatic carbocycles. The third-order valence-electron chi connectivity index (χ3n) is 3.28. The number of benzene rings is 1. The Morgan fingerprint density at radius 2 is 2.06 bits per heavy atom. The largest absolute Gasteiger partial charge is 0.240 e. The summed E-state index contributed by atoms with van der Waals surface area (Å²) in [5.41, 5.74) is 2.45. The zero-order valence-corrected chi connectivity index (χ0v) is 12.0. The Morgan fingerprint density at radius 3 is 2.78 bits per heavy atom. The molecule has 0 radical (unpaired) electrons. The molecule has 0 heterocycles. The molecule has 0 spiro atoms. The third-order valence-corrected chi connectivity index (χ3v) is 5.08. The van der Waals surface area contributed by atoms with E-state index in [9.17, 15) is 8.42 Å². The fourth-order valence-electron chi connectivity index (χ4n) is 2.27. The maximum atomic E-state index is 12.2. The van der Waals surface area contributed by atoms with Crippen molar-refractivity contribution in [2.45, 2.75) is 43.5 Å². The van der Waals surface area contributed by atoms with Crippen LogP contribution in [-0.2, 0) is 22.9 Å². The van der Waals surface area contributed by atoms with Gasteiger partial charge in [0.2, 0.25) is 10.0 Å². The molecular weight excluding hydrogens is 270 g/mol. The molecule has 0 saturated heterocycles. The molecule has 3 nitrogen and oxygen atoms in total. The van der Waals surface area contributed by atoms with Gasteiger partial charge in [0.05, 0.1) is 4.90 Å². The summed E-state index contributed by atoms with van der Waals surface area (Å²) < 4.78 is 27.0. The molecule has 100 valence electrons. The highest BCUT2D eigenvalue weighted by atomic mass is 35.5. The number of hydrogen-bond donors (Lipinski definition) is 1. The molecule has 2 rings (SSSR count). The van der Waals surface area contributed by atoms with Gasteiger partial charge in [-0.2, -0.15) is 0 Å². The van der Waals surface area contributed by atoms with Crippen LogP contribution in [0.5, 0.6) is 0 Å². The highest BCUT2D eigenvalue weighted by molar-refractivity contribution is 7.89. The van der Waals surface area contributed by atoms with Crippen molar-refractivity contribution >= 4 is 21.6 Å². The summed E-state index contributed by atoms with van der Waals surface area (Å²) in [6.07, 6.45) is 3.79. The highest BCUT2D eigenvalue weighted by Gasteiger charge is 2.20. The molecule has 1 unspecified atom stereocenters. The fraction of sp³-hybridized carbons (Fsp3) is 0.538. The topological polar surface area (TPSA) is 46.2 Å². The van der Waals surface area contributed by atoms with Crippen LogP contribution in [0.15, 0.2) is 23.1 Å². The van der Waals surface area contributed by atoms with Gasteiger partial charge >= 0.3 is 0 Å². The lowest BCUT2D eigenvalue weighted by Gasteiger charge is -2.13. The van der Waals surface area contributed by atoms with Crippen molar-refractivity contribution in [3.8, 4) is 0 Å². The molecule has 0 amide bonds. The molecule has 0 fully saturated rings. The van der Waals surface area contributed by atoms with Crippen LogP contribution < -0.4 is 4.72 Å². The van der Waals surface area contributed by atoms with Crippen LogP contribution >= 0.6 is 11.6 Å². The second kappa shape index (κ2) is 5.59. The van der Waals surface area contributed by atoms with E-state index in [1.165, 1.54) is 11.1 Å². The van der Waals surface area contributed by atoms with E-state index in [0.29, 0.717) is 17.2 Å². The van der Waals surface area contributed by atoms with E-state index >= 15 is 0 Å². The SMILES string of the molecule is CC(CCCl)NS(=O)(=O)c1ccc2c(c1)CCC2. The number of aryl methyl sites for hydroxylation is 2. The maximum Gasteiger partial charge on any atom is 0.240 e. The molecule has 0 saturated carbocycles. The lowest BCUT2D eigenvalue weighted by Crippen LogP contribution is -2.32. The van der Waals surface area contributed by atoms with Crippen LogP contribution in [0.4, 0.5) is 0 Å². The number of rotatable bonds is 5. The molecule has 5 heteroatoms. The summed E-state index contributed by atoms with van der Waals surface area (Å²) in [6.45, 7) is 1.83. The van der Waals surface area contributed by atoms with Crippen molar-refractivity contribution in [1.29, 1.82) is 0 Å². The molecule has 1 N–H and O–H groups in total. The summed E-state index contributed by atoms with van der Waals surface area (Å²) in [5.74, 6) is 0.452. The van der Waals surface area contributed by atoms with Crippen molar-refractivity contribution in [2.24, 2.45) is 0 Å². The number of fused-ring (bicyclic) bond motifs is 1. The van der Waals surface area contributed by atoms with Crippen LogP contribution in [0.25, 0.3) is 0 Å². The second-order valence-corrected chi connectivity index (χ2v) is 6.88. The molecule has 0 bridgehead atoms. The predicted molar refractivity (Wildman–Crippen MR) is 73.6 cm³/mol. The van der Waals surface area contributed by atoms with Crippen molar-refractivity contribution < 1.29 is 8.42 Å². The van der Waals surface area contributed by atoms with Crippen molar-refractivity contribution in [3.05, 3.63) is 29.3 Å². The molecule has 1 atom stereocenters. The Morgan fingerprint density at radius 1 is 1.33 bits per heavy atom. The van der Waals surface area contributed by atoms with Gasteiger partial charge in [0, 0.05) is 11.9 Å². The van der Waals surface area contributed by atoms with Crippen molar-refractivity contribution in [1.82, 2.24) is 4.72 Å². The van der Waals surface area contributed by atoms with E-state index < -0.39 is 10.0 Å². The zero-order valence-electron chi connectivity index (χ0n) is 10.4. The Labute approximate surface area is 114 Å². The third kappa shape index (κ3) is 3.05. The quantitative estimate of drug-likeness (QED) is 0.846. The summed E-state index contributed by atoms with van der Waals surface area (Å²) >= 11 is 5.61. The lowest BCUT2D eigenvalue weighted by molar-refractivity contribution is 0.556. The average Bonchev–Trinajstić information content (AvgIpc) is 2.75. The molecule has 0 aliphatic heterocycles. The Bertz CT molecular complexity index is 528. The Kier molecular flexibility index (Phi) is 4.30. The van der Waals surface area contributed by atoms with Gasteiger partial charge in [-0.1, -0.05) is 6.07 Å². The highest BCUT2D eigenvalue weighted by Crippen LogP contribution is 2.24. The molecular formula is C13H18ClNO2S. The summed E-state index contributed by atoms with van der Waals surface area (Å²) in [5, 5.41) is 0. The van der Waals surface area contributed by atoms with E-state index in [-0.39, 0.29) is 6.04 Å². The number of alkyl halides is 1. The number of sulfonamides is 1. The Balaban J connectivity index is 2.19. The number of halogens is 1. The van der Waals surface area contributed by atoms with Gasteiger partial charge < -0.3 is 0 Å². The van der Waals surface area contributed by atoms with Crippen molar-refractivity contribution in [3.63, 3.8) is 0 Å². The van der Waals surface area contributed by atoms with Crippen molar-refractivity contribution in [2.75, 3.05) is 5.88 Å². The predicted octanol–water partition coefficient (Wildman–Crippen LogP) is 2.47. The normalized spacial score (nSPS) is 16.6. The van der Waals surface area contributed by atoms with Gasteiger partial charge in [-0.3, -0.25) is 0 Å². The van der Waals surface area contributed by atoms with Crippen LogP contribution in [0.2, 0.25) is 0 Å². The van der Waals surface area contributed by atoms with E-state index in [4.69, 9.17) is 11.6 Å². The van der Waals surface area contributed by atoms with E-state index in [1.54, 1.807) is 12.1 Å². The minimum atomic E-state index is -3.41. The molecule has 0 aromatic heterocycles. The summed E-state index contributed by atoms with van der Waals surface area (Å²) in [7, 11) is -3.41.